The van der Waals surface area contributed by atoms with Gasteiger partial charge >= 0.3 is 6.47 Å². The lowest BCUT2D eigenvalue weighted by molar-refractivity contribution is 0.240. The first-order valence-electron chi connectivity index (χ1n) is 3.15. The molecular formula is C8H5Br2O2. The van der Waals surface area contributed by atoms with Crippen molar-refractivity contribution < 1.29 is 9.53 Å². The van der Waals surface area contributed by atoms with Gasteiger partial charge in [-0.05, 0) is 31.9 Å². The number of hydrogen-bond acceptors (Lipinski definition) is 2. The number of alkyl halides is 2. The molecule has 63 valence electrons. The van der Waals surface area contributed by atoms with Gasteiger partial charge in [-0.25, -0.2) is 4.79 Å². The van der Waals surface area contributed by atoms with Crippen LogP contribution in [0.5, 0.6) is 0 Å². The zero-order chi connectivity index (χ0) is 9.03. The van der Waals surface area contributed by atoms with Crippen LogP contribution in [0.1, 0.15) is 5.56 Å². The number of benzene rings is 1. The molecule has 1 aromatic carbocycles. The molecule has 0 unspecified atom stereocenters. The predicted molar refractivity (Wildman–Crippen MR) is 52.8 cm³/mol. The Morgan fingerprint density at radius 1 is 1.25 bits per heavy atom. The Kier molecular flexibility index (Phi) is 3.29. The highest BCUT2D eigenvalue weighted by Gasteiger charge is 2.26. The topological polar surface area (TPSA) is 26.3 Å². The van der Waals surface area contributed by atoms with Gasteiger partial charge in [-0.2, -0.15) is 0 Å². The van der Waals surface area contributed by atoms with E-state index in [-0.39, 0.29) is 0 Å². The molecule has 2 nitrogen and oxygen atoms in total. The molecule has 0 atom stereocenters. The molecule has 0 aliphatic heterocycles. The van der Waals surface area contributed by atoms with Crippen molar-refractivity contribution in [2.24, 2.45) is 0 Å². The van der Waals surface area contributed by atoms with Gasteiger partial charge in [0.1, 0.15) is 0 Å². The lowest BCUT2D eigenvalue weighted by Gasteiger charge is -2.17. The molecule has 1 rings (SSSR count). The average molecular weight is 293 g/mol. The lowest BCUT2D eigenvalue weighted by atomic mass is 10.2. The molecule has 0 spiro atoms. The van der Waals surface area contributed by atoms with Gasteiger partial charge in [0.05, 0.1) is 0 Å². The molecule has 0 fully saturated rings. The van der Waals surface area contributed by atoms with Crippen LogP contribution in [0.2, 0.25) is 0 Å². The lowest BCUT2D eigenvalue weighted by Crippen LogP contribution is -2.12. The fourth-order valence-corrected chi connectivity index (χ4v) is 1.40. The minimum Gasteiger partial charge on any atom is -0.424 e. The molecule has 4 heteroatoms. The van der Waals surface area contributed by atoms with Gasteiger partial charge < -0.3 is 4.74 Å². The van der Waals surface area contributed by atoms with E-state index in [1.165, 1.54) is 6.47 Å². The zero-order valence-electron chi connectivity index (χ0n) is 5.96. The third-order valence-electron chi connectivity index (χ3n) is 1.28. The van der Waals surface area contributed by atoms with E-state index in [1.807, 2.05) is 30.3 Å². The standard InChI is InChI=1S/C8H5Br2O2/c9-8(10,12-6-11)7-4-2-1-3-5-7/h1-5H. The molecule has 0 aromatic heterocycles. The van der Waals surface area contributed by atoms with Gasteiger partial charge in [0.25, 0.3) is 0 Å². The Hall–Kier alpha value is -0.350. The highest BCUT2D eigenvalue weighted by Crippen LogP contribution is 2.38. The van der Waals surface area contributed by atoms with Crippen LogP contribution < -0.4 is 0 Å². The van der Waals surface area contributed by atoms with Gasteiger partial charge in [0.15, 0.2) is 0 Å². The third-order valence-corrected chi connectivity index (χ3v) is 2.52. The number of hydrogen-bond donors (Lipinski definition) is 0. The highest BCUT2D eigenvalue weighted by atomic mass is 79.9. The fraction of sp³-hybridized carbons (Fsp3) is 0.125. The van der Waals surface area contributed by atoms with Gasteiger partial charge in [-0.15, -0.1) is 0 Å². The van der Waals surface area contributed by atoms with Crippen LogP contribution >= 0.6 is 31.9 Å². The highest BCUT2D eigenvalue weighted by molar-refractivity contribution is 9.24. The largest absolute Gasteiger partial charge is 0.424 e. The molecule has 0 aliphatic rings. The molecule has 12 heavy (non-hydrogen) atoms. The first-order valence-corrected chi connectivity index (χ1v) is 4.74. The van der Waals surface area contributed by atoms with Crippen LogP contribution in [0.3, 0.4) is 0 Å². The minimum absolute atomic E-state index is 0.799. The number of rotatable bonds is 3. The van der Waals surface area contributed by atoms with E-state index in [4.69, 9.17) is 0 Å². The van der Waals surface area contributed by atoms with Gasteiger partial charge in [0.2, 0.25) is 3.42 Å². The maximum Gasteiger partial charge on any atom is 0.419 e. The number of halogens is 2. The predicted octanol–water partition coefficient (Wildman–Crippen LogP) is 2.67. The summed E-state index contributed by atoms with van der Waals surface area (Å²) < 4.78 is 3.69. The second-order valence-electron chi connectivity index (χ2n) is 2.07. The molecule has 0 saturated heterocycles. The van der Waals surface area contributed by atoms with Crippen LogP contribution in [0.15, 0.2) is 30.3 Å². The molecule has 1 aromatic rings. The summed E-state index contributed by atoms with van der Waals surface area (Å²) in [4.78, 5) is 9.99. The van der Waals surface area contributed by atoms with Crippen LogP contribution in [0.4, 0.5) is 0 Å². The van der Waals surface area contributed by atoms with Crippen molar-refractivity contribution in [2.75, 3.05) is 0 Å². The first-order chi connectivity index (χ1) is 5.67. The van der Waals surface area contributed by atoms with Crippen LogP contribution in [0, 0.1) is 0 Å². The summed E-state index contributed by atoms with van der Waals surface area (Å²) >= 11 is 6.36. The quantitative estimate of drug-likeness (QED) is 0.801. The van der Waals surface area contributed by atoms with E-state index in [0.29, 0.717) is 0 Å². The van der Waals surface area contributed by atoms with E-state index < -0.39 is 3.42 Å². The molecule has 0 amide bonds. The van der Waals surface area contributed by atoms with Crippen molar-refractivity contribution in [1.82, 2.24) is 0 Å². The Bertz CT molecular complexity index is 259. The van der Waals surface area contributed by atoms with Gasteiger partial charge in [-0.1, -0.05) is 30.3 Å². The molecule has 0 N–H and O–H groups in total. The number of carbonyl (C=O) groups excluding carboxylic acids is 1. The third kappa shape index (κ3) is 2.32. The summed E-state index contributed by atoms with van der Waals surface area (Å²) in [7, 11) is 0. The Morgan fingerprint density at radius 2 is 1.83 bits per heavy atom. The van der Waals surface area contributed by atoms with Crippen LogP contribution in [-0.2, 0) is 13.0 Å². The molecule has 0 heterocycles. The van der Waals surface area contributed by atoms with Crippen molar-refractivity contribution in [3.8, 4) is 0 Å². The summed E-state index contributed by atoms with van der Waals surface area (Å²) in [6, 6.07) is 9.22. The first kappa shape index (κ1) is 9.74. The summed E-state index contributed by atoms with van der Waals surface area (Å²) in [5.74, 6) is 0. The smallest absolute Gasteiger partial charge is 0.419 e. The SMILES string of the molecule is O=[C]OC(Br)(Br)c1ccccc1. The summed E-state index contributed by atoms with van der Waals surface area (Å²) in [6.07, 6.45) is 0. The summed E-state index contributed by atoms with van der Waals surface area (Å²) in [5.41, 5.74) is 0.799. The number of ether oxygens (including phenoxy) is 1. The molecule has 0 aliphatic carbocycles. The Balaban J connectivity index is 2.89. The van der Waals surface area contributed by atoms with E-state index in [1.54, 1.807) is 0 Å². The van der Waals surface area contributed by atoms with E-state index in [9.17, 15) is 4.79 Å². The van der Waals surface area contributed by atoms with Crippen molar-refractivity contribution in [3.05, 3.63) is 35.9 Å². The average Bonchev–Trinajstić information content (AvgIpc) is 2.06. The van der Waals surface area contributed by atoms with Crippen LogP contribution in [0.25, 0.3) is 0 Å². The van der Waals surface area contributed by atoms with Gasteiger partial charge in [-0.3, -0.25) is 0 Å². The van der Waals surface area contributed by atoms with Gasteiger partial charge in [0, 0.05) is 5.56 Å². The van der Waals surface area contributed by atoms with Crippen molar-refractivity contribution in [2.45, 2.75) is 3.42 Å². The molecule has 0 bridgehead atoms. The van der Waals surface area contributed by atoms with Crippen molar-refractivity contribution >= 4 is 38.3 Å². The second-order valence-corrected chi connectivity index (χ2v) is 5.37. The monoisotopic (exact) mass is 291 g/mol. The molecule has 1 radical (unpaired) electrons. The van der Waals surface area contributed by atoms with E-state index in [0.717, 1.165) is 5.56 Å². The molecular weight excluding hydrogens is 288 g/mol. The second kappa shape index (κ2) is 4.05. The van der Waals surface area contributed by atoms with E-state index in [2.05, 4.69) is 36.6 Å². The Labute approximate surface area is 87.2 Å². The van der Waals surface area contributed by atoms with Crippen molar-refractivity contribution in [3.63, 3.8) is 0 Å². The fourth-order valence-electron chi connectivity index (χ4n) is 0.743. The Morgan fingerprint density at radius 3 is 2.33 bits per heavy atom. The normalized spacial score (nSPS) is 10.8. The summed E-state index contributed by atoms with van der Waals surface area (Å²) in [5, 5.41) is 0. The maximum atomic E-state index is 9.99. The van der Waals surface area contributed by atoms with E-state index >= 15 is 0 Å². The zero-order valence-corrected chi connectivity index (χ0v) is 9.13. The molecule has 0 saturated carbocycles. The van der Waals surface area contributed by atoms with Crippen molar-refractivity contribution in [1.29, 1.82) is 0 Å². The van der Waals surface area contributed by atoms with Crippen LogP contribution in [-0.4, -0.2) is 6.47 Å². The minimum atomic E-state index is -0.955. The maximum absolute atomic E-state index is 9.99. The summed E-state index contributed by atoms with van der Waals surface area (Å²) in [6.45, 7) is 1.36.